The second-order valence-electron chi connectivity index (χ2n) is 6.89. The van der Waals surface area contributed by atoms with E-state index in [9.17, 15) is 13.2 Å². The largest absolute Gasteiger partial charge is 0.339 e. The van der Waals surface area contributed by atoms with Crippen molar-refractivity contribution in [3.8, 4) is 0 Å². The molecule has 0 unspecified atom stereocenters. The molecule has 2 aromatic carbocycles. The first-order valence-corrected chi connectivity index (χ1v) is 11.4. The summed E-state index contributed by atoms with van der Waals surface area (Å²) in [4.78, 5) is 14.6. The van der Waals surface area contributed by atoms with E-state index in [1.807, 2.05) is 32.0 Å². The van der Waals surface area contributed by atoms with Gasteiger partial charge in [0.15, 0.2) is 0 Å². The second-order valence-corrected chi connectivity index (χ2v) is 9.13. The lowest BCUT2D eigenvalue weighted by molar-refractivity contribution is 0.0755. The van der Waals surface area contributed by atoms with Crippen molar-refractivity contribution in [1.82, 2.24) is 4.90 Å². The Hall–Kier alpha value is -2.05. The van der Waals surface area contributed by atoms with Crippen molar-refractivity contribution in [3.63, 3.8) is 0 Å². The van der Waals surface area contributed by atoms with Gasteiger partial charge in [0.2, 0.25) is 0 Å². The first-order valence-electron chi connectivity index (χ1n) is 9.59. The van der Waals surface area contributed by atoms with E-state index in [-0.39, 0.29) is 15.8 Å². The molecule has 0 aliphatic carbocycles. The Morgan fingerprint density at radius 2 is 1.79 bits per heavy atom. The fourth-order valence-electron chi connectivity index (χ4n) is 3.55. The molecule has 0 fully saturated rings. The molecule has 1 heterocycles. The van der Waals surface area contributed by atoms with Crippen LogP contribution < -0.4 is 4.31 Å². The number of anilines is 1. The van der Waals surface area contributed by atoms with Gasteiger partial charge in [-0.3, -0.25) is 9.10 Å². The lowest BCUT2D eigenvalue weighted by Gasteiger charge is -2.23. The normalized spacial score (nSPS) is 13.5. The van der Waals surface area contributed by atoms with Crippen molar-refractivity contribution >= 4 is 33.2 Å². The number of amides is 1. The molecular formula is C21H25ClN2O3S. The topological polar surface area (TPSA) is 57.7 Å². The minimum absolute atomic E-state index is 0.0235. The monoisotopic (exact) mass is 420 g/mol. The molecule has 0 saturated carbocycles. The molecule has 5 nitrogen and oxygen atoms in total. The van der Waals surface area contributed by atoms with Crippen molar-refractivity contribution in [3.05, 3.63) is 58.6 Å². The molecule has 1 amide bonds. The number of rotatable bonds is 7. The van der Waals surface area contributed by atoms with Crippen LogP contribution in [0.4, 0.5) is 5.69 Å². The second kappa shape index (κ2) is 8.53. The number of hydrogen-bond donors (Lipinski definition) is 0. The standard InChI is InChI=1S/C21H25ClN2O3S/c1-3-12-23(13-4-2)21(25)17-9-10-18(22)20(15-17)28(26,27)24-14-11-16-7-5-6-8-19(16)24/h5-10,15H,3-4,11-14H2,1-2H3. The number of benzene rings is 2. The minimum Gasteiger partial charge on any atom is -0.339 e. The summed E-state index contributed by atoms with van der Waals surface area (Å²) in [7, 11) is -3.86. The Bertz CT molecular complexity index is 969. The smallest absolute Gasteiger partial charge is 0.265 e. The quantitative estimate of drug-likeness (QED) is 0.668. The molecule has 150 valence electrons. The third kappa shape index (κ3) is 3.89. The van der Waals surface area contributed by atoms with Gasteiger partial charge in [0.1, 0.15) is 4.90 Å². The van der Waals surface area contributed by atoms with Crippen molar-refractivity contribution in [2.75, 3.05) is 23.9 Å². The number of para-hydroxylation sites is 1. The molecule has 0 bridgehead atoms. The molecule has 7 heteroatoms. The SMILES string of the molecule is CCCN(CCC)C(=O)c1ccc(Cl)c(S(=O)(=O)N2CCc3ccccc32)c1. The maximum absolute atomic E-state index is 13.3. The molecular weight excluding hydrogens is 396 g/mol. The number of sulfonamides is 1. The van der Waals surface area contributed by atoms with Crippen LogP contribution in [0.1, 0.15) is 42.6 Å². The van der Waals surface area contributed by atoms with Gasteiger partial charge < -0.3 is 4.90 Å². The molecule has 0 atom stereocenters. The molecule has 1 aliphatic heterocycles. The summed E-state index contributed by atoms with van der Waals surface area (Å²) in [5.41, 5.74) is 2.01. The van der Waals surface area contributed by atoms with Gasteiger partial charge in [-0.2, -0.15) is 0 Å². The number of fused-ring (bicyclic) bond motifs is 1. The van der Waals surface area contributed by atoms with Gasteiger partial charge in [-0.25, -0.2) is 8.42 Å². The van der Waals surface area contributed by atoms with Gasteiger partial charge in [-0.15, -0.1) is 0 Å². The first-order chi connectivity index (χ1) is 13.4. The van der Waals surface area contributed by atoms with E-state index in [4.69, 9.17) is 11.6 Å². The van der Waals surface area contributed by atoms with E-state index < -0.39 is 10.0 Å². The van der Waals surface area contributed by atoms with Crippen molar-refractivity contribution in [2.24, 2.45) is 0 Å². The number of halogens is 1. The summed E-state index contributed by atoms with van der Waals surface area (Å²) >= 11 is 6.26. The van der Waals surface area contributed by atoms with E-state index in [2.05, 4.69) is 0 Å². The summed E-state index contributed by atoms with van der Waals surface area (Å²) < 4.78 is 28.0. The number of carbonyl (C=O) groups excluding carboxylic acids is 1. The highest BCUT2D eigenvalue weighted by Crippen LogP contribution is 2.35. The van der Waals surface area contributed by atoms with Crippen molar-refractivity contribution in [1.29, 1.82) is 0 Å². The zero-order valence-corrected chi connectivity index (χ0v) is 17.8. The van der Waals surface area contributed by atoms with Crippen LogP contribution in [0.3, 0.4) is 0 Å². The minimum atomic E-state index is -3.86. The first kappa shape index (κ1) is 20.7. The third-order valence-corrected chi connectivity index (χ3v) is 7.16. The van der Waals surface area contributed by atoms with Gasteiger partial charge in [0.25, 0.3) is 15.9 Å². The Labute approximate surface area is 172 Å². The maximum Gasteiger partial charge on any atom is 0.265 e. The van der Waals surface area contributed by atoms with Gasteiger partial charge in [-0.05, 0) is 49.1 Å². The average molecular weight is 421 g/mol. The zero-order chi connectivity index (χ0) is 20.3. The van der Waals surface area contributed by atoms with Crippen LogP contribution in [-0.2, 0) is 16.4 Å². The number of hydrogen-bond acceptors (Lipinski definition) is 3. The van der Waals surface area contributed by atoms with E-state index in [1.165, 1.54) is 16.4 Å². The van der Waals surface area contributed by atoms with Crippen LogP contribution in [0.5, 0.6) is 0 Å². The highest BCUT2D eigenvalue weighted by atomic mass is 35.5. The summed E-state index contributed by atoms with van der Waals surface area (Å²) in [5.74, 6) is -0.168. The molecule has 28 heavy (non-hydrogen) atoms. The summed E-state index contributed by atoms with van der Waals surface area (Å²) in [6.45, 7) is 5.67. The summed E-state index contributed by atoms with van der Waals surface area (Å²) in [5, 5.41) is 0.124. The van der Waals surface area contributed by atoms with E-state index >= 15 is 0 Å². The Morgan fingerprint density at radius 1 is 1.11 bits per heavy atom. The molecule has 0 radical (unpaired) electrons. The molecule has 1 aliphatic rings. The van der Waals surface area contributed by atoms with E-state index in [0.717, 1.165) is 18.4 Å². The van der Waals surface area contributed by atoms with Crippen LogP contribution in [0, 0.1) is 0 Å². The molecule has 0 spiro atoms. The van der Waals surface area contributed by atoms with Crippen LogP contribution in [0.25, 0.3) is 0 Å². The fourth-order valence-corrected chi connectivity index (χ4v) is 5.55. The Morgan fingerprint density at radius 3 is 2.46 bits per heavy atom. The Kier molecular flexibility index (Phi) is 6.30. The van der Waals surface area contributed by atoms with Crippen LogP contribution in [-0.4, -0.2) is 38.9 Å². The van der Waals surface area contributed by atoms with Gasteiger partial charge >= 0.3 is 0 Å². The lowest BCUT2D eigenvalue weighted by Crippen LogP contribution is -2.33. The van der Waals surface area contributed by atoms with Crippen LogP contribution >= 0.6 is 11.6 Å². The fraction of sp³-hybridized carbons (Fsp3) is 0.381. The molecule has 0 aromatic heterocycles. The highest BCUT2D eigenvalue weighted by molar-refractivity contribution is 7.93. The maximum atomic E-state index is 13.3. The van der Waals surface area contributed by atoms with Crippen LogP contribution in [0.15, 0.2) is 47.4 Å². The highest BCUT2D eigenvalue weighted by Gasteiger charge is 2.32. The predicted octanol–water partition coefficient (Wildman–Crippen LogP) is 4.35. The van der Waals surface area contributed by atoms with E-state index in [0.29, 0.717) is 37.3 Å². The van der Waals surface area contributed by atoms with Gasteiger partial charge in [-0.1, -0.05) is 43.6 Å². The number of carbonyl (C=O) groups is 1. The van der Waals surface area contributed by atoms with Gasteiger partial charge in [0, 0.05) is 25.2 Å². The van der Waals surface area contributed by atoms with Gasteiger partial charge in [0.05, 0.1) is 10.7 Å². The summed E-state index contributed by atoms with van der Waals surface area (Å²) in [6, 6.07) is 12.0. The van der Waals surface area contributed by atoms with Crippen LogP contribution in [0.2, 0.25) is 5.02 Å². The average Bonchev–Trinajstić information content (AvgIpc) is 3.12. The molecule has 0 N–H and O–H groups in total. The predicted molar refractivity (Wildman–Crippen MR) is 113 cm³/mol. The molecule has 3 rings (SSSR count). The van der Waals surface area contributed by atoms with E-state index in [1.54, 1.807) is 17.0 Å². The van der Waals surface area contributed by atoms with Crippen molar-refractivity contribution < 1.29 is 13.2 Å². The zero-order valence-electron chi connectivity index (χ0n) is 16.2. The summed E-state index contributed by atoms with van der Waals surface area (Å²) in [6.07, 6.45) is 2.34. The Balaban J connectivity index is 1.99. The molecule has 2 aromatic rings. The lowest BCUT2D eigenvalue weighted by atomic mass is 10.2. The molecule has 0 saturated heterocycles. The third-order valence-electron chi connectivity index (χ3n) is 4.87. The van der Waals surface area contributed by atoms with Crippen molar-refractivity contribution in [2.45, 2.75) is 38.0 Å². The number of nitrogens with zero attached hydrogens (tertiary/aromatic N) is 2.